The quantitative estimate of drug-likeness (QED) is 0.627. The van der Waals surface area contributed by atoms with Crippen LogP contribution in [0.2, 0.25) is 0 Å². The van der Waals surface area contributed by atoms with Gasteiger partial charge in [-0.25, -0.2) is 0 Å². The second-order valence-electron chi connectivity index (χ2n) is 7.38. The number of carbonyl (C=O) groups excluding carboxylic acids is 1. The second-order valence-corrected chi connectivity index (χ2v) is 8.39. The predicted molar refractivity (Wildman–Crippen MR) is 100 cm³/mol. The smallest absolute Gasteiger partial charge is 0.284 e. The minimum absolute atomic E-state index is 0.0288. The van der Waals surface area contributed by atoms with Crippen LogP contribution in [0.5, 0.6) is 0 Å². The molecule has 1 atom stereocenters. The van der Waals surface area contributed by atoms with Crippen LogP contribution in [0.4, 0.5) is 5.69 Å². The van der Waals surface area contributed by atoms with E-state index in [1.165, 1.54) is 12.4 Å². The van der Waals surface area contributed by atoms with Gasteiger partial charge in [-0.2, -0.15) is 0 Å². The van der Waals surface area contributed by atoms with Crippen LogP contribution in [-0.4, -0.2) is 49.6 Å². The number of hydrogen-bond acceptors (Lipinski definition) is 7. The molecule has 0 saturated carbocycles. The zero-order chi connectivity index (χ0) is 19.8. The van der Waals surface area contributed by atoms with E-state index >= 15 is 0 Å². The third kappa shape index (κ3) is 3.96. The molecule has 1 saturated heterocycles. The first-order valence-electron chi connectivity index (χ1n) is 8.54. The van der Waals surface area contributed by atoms with E-state index < -0.39 is 4.92 Å². The van der Waals surface area contributed by atoms with Gasteiger partial charge in [-0.05, 0) is 35.7 Å². The Morgan fingerprint density at radius 2 is 2.19 bits per heavy atom. The lowest BCUT2D eigenvalue weighted by atomic mass is 9.79. The summed E-state index contributed by atoms with van der Waals surface area (Å²) >= 11 is 1.14. The number of hydrogen-bond donors (Lipinski definition) is 1. The van der Waals surface area contributed by atoms with Crippen LogP contribution >= 0.6 is 11.8 Å². The maximum absolute atomic E-state index is 12.9. The molecule has 3 rings (SSSR count). The summed E-state index contributed by atoms with van der Waals surface area (Å²) in [6, 6.07) is 4.57. The summed E-state index contributed by atoms with van der Waals surface area (Å²) in [5.41, 5.74) is 6.12. The molecular formula is C17H22N6O3S. The number of aryl methyl sites for hydroxylation is 1. The van der Waals surface area contributed by atoms with Crippen molar-refractivity contribution in [2.75, 3.05) is 13.1 Å². The summed E-state index contributed by atoms with van der Waals surface area (Å²) in [5.74, 6) is -0.215. The number of amides is 1. The molecule has 2 heterocycles. The molecule has 10 heteroatoms. The van der Waals surface area contributed by atoms with Gasteiger partial charge in [-0.3, -0.25) is 14.9 Å². The maximum atomic E-state index is 12.9. The van der Waals surface area contributed by atoms with Crippen LogP contribution in [0, 0.1) is 15.5 Å². The van der Waals surface area contributed by atoms with Crippen molar-refractivity contribution in [1.29, 1.82) is 0 Å². The van der Waals surface area contributed by atoms with Crippen molar-refractivity contribution in [2.45, 2.75) is 36.4 Å². The maximum Gasteiger partial charge on any atom is 0.284 e. The summed E-state index contributed by atoms with van der Waals surface area (Å²) in [6.45, 7) is 5.13. The Bertz CT molecular complexity index is 881. The molecule has 0 bridgehead atoms. The fourth-order valence-electron chi connectivity index (χ4n) is 3.07. The Kier molecular flexibility index (Phi) is 5.20. The van der Waals surface area contributed by atoms with E-state index in [0.717, 1.165) is 11.8 Å². The van der Waals surface area contributed by atoms with Crippen molar-refractivity contribution >= 4 is 23.4 Å². The fraction of sp³-hybridized carbons (Fsp3) is 0.471. The monoisotopic (exact) mass is 390 g/mol. The van der Waals surface area contributed by atoms with Gasteiger partial charge < -0.3 is 15.2 Å². The van der Waals surface area contributed by atoms with Crippen LogP contribution < -0.4 is 5.73 Å². The minimum atomic E-state index is -0.481. The van der Waals surface area contributed by atoms with Crippen molar-refractivity contribution in [2.24, 2.45) is 18.2 Å². The zero-order valence-corrected chi connectivity index (χ0v) is 16.3. The van der Waals surface area contributed by atoms with E-state index in [2.05, 4.69) is 10.2 Å². The normalized spacial score (nSPS) is 19.1. The Balaban J connectivity index is 1.86. The molecule has 1 amide bonds. The molecule has 2 N–H and O–H groups in total. The molecule has 2 aromatic rings. The third-order valence-electron chi connectivity index (χ3n) is 4.87. The molecule has 0 aliphatic carbocycles. The first kappa shape index (κ1) is 19.3. The van der Waals surface area contributed by atoms with Crippen LogP contribution in [0.15, 0.2) is 34.6 Å². The average Bonchev–Trinajstić information content (AvgIpc) is 3.01. The van der Waals surface area contributed by atoms with Gasteiger partial charge in [0.25, 0.3) is 11.6 Å². The van der Waals surface area contributed by atoms with E-state index in [9.17, 15) is 14.9 Å². The standard InChI is InChI=1S/C17H22N6O3S/c1-17(2)9-22(7-6-14(17)18)15(24)11-4-5-13(12(8-11)23(25)26)27-16-20-19-10-21(16)3/h4-5,8,10,14H,6-7,9,18H2,1-3H3. The lowest BCUT2D eigenvalue weighted by Gasteiger charge is -2.42. The molecule has 27 heavy (non-hydrogen) atoms. The van der Waals surface area contributed by atoms with Gasteiger partial charge in [-0.15, -0.1) is 10.2 Å². The molecule has 0 spiro atoms. The molecule has 1 unspecified atom stereocenters. The number of likely N-dealkylation sites (tertiary alicyclic amines) is 1. The van der Waals surface area contributed by atoms with Crippen molar-refractivity contribution < 1.29 is 9.72 Å². The topological polar surface area (TPSA) is 120 Å². The Morgan fingerprint density at radius 3 is 2.78 bits per heavy atom. The van der Waals surface area contributed by atoms with E-state index in [4.69, 9.17) is 5.73 Å². The highest BCUT2D eigenvalue weighted by Crippen LogP contribution is 2.35. The number of nitrogens with two attached hydrogens (primary N) is 1. The SMILES string of the molecule is Cn1cnnc1Sc1ccc(C(=O)N2CCC(N)C(C)(C)C2)cc1[N+](=O)[O-]. The number of aromatic nitrogens is 3. The molecular weight excluding hydrogens is 368 g/mol. The van der Waals surface area contributed by atoms with E-state index in [0.29, 0.717) is 35.1 Å². The van der Waals surface area contributed by atoms with Crippen molar-refractivity contribution in [1.82, 2.24) is 19.7 Å². The summed E-state index contributed by atoms with van der Waals surface area (Å²) in [6.07, 6.45) is 2.23. The minimum Gasteiger partial charge on any atom is -0.338 e. The zero-order valence-electron chi connectivity index (χ0n) is 15.5. The summed E-state index contributed by atoms with van der Waals surface area (Å²) in [5, 5.41) is 19.8. The number of nitro benzene ring substituents is 1. The number of piperidine rings is 1. The van der Waals surface area contributed by atoms with Crippen LogP contribution in [0.25, 0.3) is 0 Å². The van der Waals surface area contributed by atoms with Crippen molar-refractivity contribution in [3.05, 3.63) is 40.2 Å². The Morgan fingerprint density at radius 1 is 1.44 bits per heavy atom. The number of carbonyl (C=O) groups is 1. The average molecular weight is 390 g/mol. The summed E-state index contributed by atoms with van der Waals surface area (Å²) < 4.78 is 1.67. The van der Waals surface area contributed by atoms with Gasteiger partial charge in [0.15, 0.2) is 5.16 Å². The van der Waals surface area contributed by atoms with Gasteiger partial charge in [0.2, 0.25) is 0 Å². The highest BCUT2D eigenvalue weighted by Gasteiger charge is 2.36. The second kappa shape index (κ2) is 7.28. The number of rotatable bonds is 4. The number of nitro groups is 1. The van der Waals surface area contributed by atoms with Gasteiger partial charge >= 0.3 is 0 Å². The predicted octanol–water partition coefficient (Wildman–Crippen LogP) is 2.07. The van der Waals surface area contributed by atoms with E-state index in [1.54, 1.807) is 28.6 Å². The third-order valence-corrected chi connectivity index (χ3v) is 5.99. The largest absolute Gasteiger partial charge is 0.338 e. The highest BCUT2D eigenvalue weighted by atomic mass is 32.2. The van der Waals surface area contributed by atoms with Gasteiger partial charge in [0, 0.05) is 37.8 Å². The van der Waals surface area contributed by atoms with Crippen molar-refractivity contribution in [3.8, 4) is 0 Å². The Hall–Kier alpha value is -2.46. The lowest BCUT2D eigenvalue weighted by Crippen LogP contribution is -2.54. The highest BCUT2D eigenvalue weighted by molar-refractivity contribution is 7.99. The molecule has 1 fully saturated rings. The molecule has 9 nitrogen and oxygen atoms in total. The number of benzene rings is 1. The molecule has 1 aromatic heterocycles. The Labute approximate surface area is 161 Å². The van der Waals surface area contributed by atoms with E-state index in [1.807, 2.05) is 13.8 Å². The molecule has 1 aromatic carbocycles. The van der Waals surface area contributed by atoms with Crippen molar-refractivity contribution in [3.63, 3.8) is 0 Å². The van der Waals surface area contributed by atoms with Gasteiger partial charge in [0.05, 0.1) is 9.82 Å². The summed E-state index contributed by atoms with van der Waals surface area (Å²) in [4.78, 5) is 26.1. The van der Waals surface area contributed by atoms with Crippen LogP contribution in [0.3, 0.4) is 0 Å². The molecule has 1 aliphatic heterocycles. The lowest BCUT2D eigenvalue weighted by molar-refractivity contribution is -0.387. The fourth-order valence-corrected chi connectivity index (χ4v) is 3.92. The molecule has 0 radical (unpaired) electrons. The van der Waals surface area contributed by atoms with E-state index in [-0.39, 0.29) is 23.1 Å². The first-order chi connectivity index (χ1) is 12.7. The van der Waals surface area contributed by atoms with Crippen LogP contribution in [0.1, 0.15) is 30.6 Å². The molecule has 144 valence electrons. The summed E-state index contributed by atoms with van der Waals surface area (Å²) in [7, 11) is 1.76. The molecule has 1 aliphatic rings. The first-order valence-corrected chi connectivity index (χ1v) is 9.36. The van der Waals surface area contributed by atoms with Crippen LogP contribution in [-0.2, 0) is 7.05 Å². The van der Waals surface area contributed by atoms with Gasteiger partial charge in [-0.1, -0.05) is 13.8 Å². The number of nitrogens with zero attached hydrogens (tertiary/aromatic N) is 5. The van der Waals surface area contributed by atoms with Gasteiger partial charge in [0.1, 0.15) is 6.33 Å².